The maximum atomic E-state index is 11.7. The number of hydrogen-bond acceptors (Lipinski definition) is 4. The Kier molecular flexibility index (Phi) is 3.46. The van der Waals surface area contributed by atoms with Crippen molar-refractivity contribution >= 4 is 12.2 Å². The van der Waals surface area contributed by atoms with Gasteiger partial charge in [0, 0.05) is 6.42 Å². The van der Waals surface area contributed by atoms with E-state index in [9.17, 15) is 4.79 Å². The first-order chi connectivity index (χ1) is 9.83. The van der Waals surface area contributed by atoms with E-state index in [0.717, 1.165) is 29.9 Å². The Bertz CT molecular complexity index is 650. The van der Waals surface area contributed by atoms with Gasteiger partial charge in [-0.15, -0.1) is 0 Å². The van der Waals surface area contributed by atoms with E-state index in [-0.39, 0.29) is 0 Å². The third-order valence-electron chi connectivity index (χ3n) is 3.06. The average molecular weight is 267 g/mol. The molecule has 0 bridgehead atoms. The number of hydrogen-bond donors (Lipinski definition) is 0. The molecule has 0 saturated heterocycles. The fraction of sp³-hybridized carbons (Fsp3) is 0.125. The molecule has 1 heterocycles. The molecule has 4 heteroatoms. The molecular formula is C16H13NO3. The van der Waals surface area contributed by atoms with Gasteiger partial charge in [-0.2, -0.15) is 0 Å². The lowest BCUT2D eigenvalue weighted by atomic mass is 10.1. The summed E-state index contributed by atoms with van der Waals surface area (Å²) in [6, 6.07) is 14.5. The fourth-order valence-electron chi connectivity index (χ4n) is 2.05. The van der Waals surface area contributed by atoms with Crippen molar-refractivity contribution in [2.75, 3.05) is 6.61 Å². The second-order valence-electron chi connectivity index (χ2n) is 4.44. The molecule has 100 valence electrons. The zero-order valence-corrected chi connectivity index (χ0v) is 10.8. The Morgan fingerprint density at radius 3 is 2.90 bits per heavy atom. The Balaban J connectivity index is 1.65. The molecular weight excluding hydrogens is 254 g/mol. The summed E-state index contributed by atoms with van der Waals surface area (Å²) in [5.74, 6) is 0.453. The van der Waals surface area contributed by atoms with Crippen molar-refractivity contribution in [1.82, 2.24) is 0 Å². The number of nitrogens with zero attached hydrogens (tertiary/aromatic N) is 1. The molecule has 0 N–H and O–H groups in total. The Morgan fingerprint density at radius 2 is 2.05 bits per heavy atom. The van der Waals surface area contributed by atoms with Gasteiger partial charge in [-0.25, -0.2) is 4.79 Å². The predicted molar refractivity (Wildman–Crippen MR) is 75.1 cm³/mol. The Morgan fingerprint density at radius 1 is 1.20 bits per heavy atom. The lowest BCUT2D eigenvalue weighted by Gasteiger charge is -1.99. The SMILES string of the molecule is O=C(ON=Cc1ccc2c(c1)CCO2)c1ccccc1. The molecule has 0 aromatic heterocycles. The molecule has 0 spiro atoms. The first kappa shape index (κ1) is 12.4. The van der Waals surface area contributed by atoms with Crippen LogP contribution in [0.2, 0.25) is 0 Å². The summed E-state index contributed by atoms with van der Waals surface area (Å²) >= 11 is 0. The summed E-state index contributed by atoms with van der Waals surface area (Å²) in [5, 5.41) is 3.73. The monoisotopic (exact) mass is 267 g/mol. The number of fused-ring (bicyclic) bond motifs is 1. The minimum absolute atomic E-state index is 0.466. The molecule has 0 saturated carbocycles. The predicted octanol–water partition coefficient (Wildman–Crippen LogP) is 2.81. The van der Waals surface area contributed by atoms with Gasteiger partial charge < -0.3 is 9.57 Å². The third kappa shape index (κ3) is 2.69. The molecule has 0 fully saturated rings. The van der Waals surface area contributed by atoms with Gasteiger partial charge in [0.25, 0.3) is 0 Å². The first-order valence-corrected chi connectivity index (χ1v) is 6.38. The fourth-order valence-corrected chi connectivity index (χ4v) is 2.05. The maximum Gasteiger partial charge on any atom is 0.365 e. The van der Waals surface area contributed by atoms with Crippen molar-refractivity contribution < 1.29 is 14.4 Å². The summed E-state index contributed by atoms with van der Waals surface area (Å²) in [6.45, 7) is 0.721. The number of rotatable bonds is 3. The molecule has 0 atom stereocenters. The highest BCUT2D eigenvalue weighted by Crippen LogP contribution is 2.25. The highest BCUT2D eigenvalue weighted by Gasteiger charge is 2.11. The second kappa shape index (κ2) is 5.57. The van der Waals surface area contributed by atoms with Crippen LogP contribution in [0, 0.1) is 0 Å². The van der Waals surface area contributed by atoms with Crippen LogP contribution in [-0.2, 0) is 11.3 Å². The minimum Gasteiger partial charge on any atom is -0.493 e. The van der Waals surface area contributed by atoms with Crippen LogP contribution in [-0.4, -0.2) is 18.8 Å². The molecule has 1 aliphatic rings. The van der Waals surface area contributed by atoms with Crippen molar-refractivity contribution in [3.05, 3.63) is 65.2 Å². The number of benzene rings is 2. The Hall–Kier alpha value is -2.62. The highest BCUT2D eigenvalue weighted by molar-refractivity contribution is 5.90. The average Bonchev–Trinajstić information content (AvgIpc) is 2.95. The Labute approximate surface area is 116 Å². The van der Waals surface area contributed by atoms with E-state index in [1.807, 2.05) is 24.3 Å². The van der Waals surface area contributed by atoms with Gasteiger partial charge in [-0.1, -0.05) is 23.4 Å². The van der Waals surface area contributed by atoms with E-state index in [0.29, 0.717) is 5.56 Å². The zero-order chi connectivity index (χ0) is 13.8. The smallest absolute Gasteiger partial charge is 0.365 e. The van der Waals surface area contributed by atoms with Crippen LogP contribution in [0.1, 0.15) is 21.5 Å². The third-order valence-corrected chi connectivity index (χ3v) is 3.06. The number of oxime groups is 1. The standard InChI is InChI=1S/C16H13NO3/c18-16(13-4-2-1-3-5-13)20-17-11-12-6-7-15-14(10-12)8-9-19-15/h1-7,10-11H,8-9H2. The van der Waals surface area contributed by atoms with E-state index in [2.05, 4.69) is 5.16 Å². The van der Waals surface area contributed by atoms with Crippen molar-refractivity contribution in [2.24, 2.45) is 5.16 Å². The van der Waals surface area contributed by atoms with Crippen molar-refractivity contribution in [1.29, 1.82) is 0 Å². The lowest BCUT2D eigenvalue weighted by molar-refractivity contribution is 0.0519. The summed E-state index contributed by atoms with van der Waals surface area (Å²) in [7, 11) is 0. The van der Waals surface area contributed by atoms with Crippen LogP contribution in [0.25, 0.3) is 0 Å². The van der Waals surface area contributed by atoms with Crippen LogP contribution in [0.4, 0.5) is 0 Å². The number of carbonyl (C=O) groups is 1. The van der Waals surface area contributed by atoms with E-state index in [1.165, 1.54) is 6.21 Å². The molecule has 0 radical (unpaired) electrons. The van der Waals surface area contributed by atoms with E-state index in [4.69, 9.17) is 9.57 Å². The van der Waals surface area contributed by atoms with Gasteiger partial charge in [-0.3, -0.25) is 0 Å². The van der Waals surface area contributed by atoms with E-state index in [1.54, 1.807) is 24.3 Å². The van der Waals surface area contributed by atoms with Crippen LogP contribution < -0.4 is 4.74 Å². The molecule has 0 aliphatic carbocycles. The molecule has 1 aliphatic heterocycles. The van der Waals surface area contributed by atoms with Gasteiger partial charge in [0.1, 0.15) is 5.75 Å². The number of ether oxygens (including phenoxy) is 1. The molecule has 2 aromatic carbocycles. The summed E-state index contributed by atoms with van der Waals surface area (Å²) in [4.78, 5) is 16.5. The molecule has 0 unspecified atom stereocenters. The first-order valence-electron chi connectivity index (χ1n) is 6.38. The van der Waals surface area contributed by atoms with E-state index >= 15 is 0 Å². The maximum absolute atomic E-state index is 11.7. The summed E-state index contributed by atoms with van der Waals surface area (Å²) in [5.41, 5.74) is 2.52. The topological polar surface area (TPSA) is 47.9 Å². The van der Waals surface area contributed by atoms with Crippen LogP contribution in [0.3, 0.4) is 0 Å². The van der Waals surface area contributed by atoms with Crippen molar-refractivity contribution in [2.45, 2.75) is 6.42 Å². The zero-order valence-electron chi connectivity index (χ0n) is 10.8. The molecule has 4 nitrogen and oxygen atoms in total. The van der Waals surface area contributed by atoms with Crippen LogP contribution >= 0.6 is 0 Å². The van der Waals surface area contributed by atoms with Crippen LogP contribution in [0.15, 0.2) is 53.7 Å². The minimum atomic E-state index is -0.466. The van der Waals surface area contributed by atoms with Crippen LogP contribution in [0.5, 0.6) is 5.75 Å². The van der Waals surface area contributed by atoms with E-state index < -0.39 is 5.97 Å². The summed E-state index contributed by atoms with van der Waals surface area (Å²) in [6.07, 6.45) is 2.43. The van der Waals surface area contributed by atoms with Crippen molar-refractivity contribution in [3.8, 4) is 5.75 Å². The van der Waals surface area contributed by atoms with Gasteiger partial charge >= 0.3 is 5.97 Å². The van der Waals surface area contributed by atoms with Gasteiger partial charge in [0.15, 0.2) is 0 Å². The molecule has 2 aromatic rings. The highest BCUT2D eigenvalue weighted by atomic mass is 16.7. The number of carbonyl (C=O) groups excluding carboxylic acids is 1. The van der Waals surface area contributed by atoms with Gasteiger partial charge in [0.2, 0.25) is 0 Å². The van der Waals surface area contributed by atoms with Gasteiger partial charge in [-0.05, 0) is 41.5 Å². The van der Waals surface area contributed by atoms with Gasteiger partial charge in [0.05, 0.1) is 18.4 Å². The quantitative estimate of drug-likeness (QED) is 0.488. The van der Waals surface area contributed by atoms with Crippen molar-refractivity contribution in [3.63, 3.8) is 0 Å². The molecule has 20 heavy (non-hydrogen) atoms. The largest absolute Gasteiger partial charge is 0.493 e. The molecule has 0 amide bonds. The normalized spacial score (nSPS) is 13.0. The second-order valence-corrected chi connectivity index (χ2v) is 4.44. The molecule has 3 rings (SSSR count). The summed E-state index contributed by atoms with van der Waals surface area (Å²) < 4.78 is 5.42. The lowest BCUT2D eigenvalue weighted by Crippen LogP contribution is -2.00.